The zero-order valence-corrected chi connectivity index (χ0v) is 13.3. The van der Waals surface area contributed by atoms with E-state index in [4.69, 9.17) is 0 Å². The number of rotatable bonds is 9. The van der Waals surface area contributed by atoms with Gasteiger partial charge < -0.3 is 5.32 Å². The molecule has 1 atom stereocenters. The number of halogens is 2. The zero-order valence-electron chi connectivity index (χ0n) is 12.5. The van der Waals surface area contributed by atoms with E-state index in [0.29, 0.717) is 24.9 Å². The maximum atomic E-state index is 13.3. The zero-order chi connectivity index (χ0) is 15.9. The third-order valence-electron chi connectivity index (χ3n) is 3.32. The molecule has 0 saturated heterocycles. The number of sulfone groups is 1. The molecule has 0 fully saturated rings. The van der Waals surface area contributed by atoms with E-state index in [1.165, 1.54) is 12.1 Å². The van der Waals surface area contributed by atoms with Crippen LogP contribution in [0.4, 0.5) is 8.78 Å². The van der Waals surface area contributed by atoms with Crippen molar-refractivity contribution in [1.29, 1.82) is 0 Å². The van der Waals surface area contributed by atoms with Crippen LogP contribution in [0.15, 0.2) is 18.2 Å². The van der Waals surface area contributed by atoms with Gasteiger partial charge in [-0.3, -0.25) is 0 Å². The monoisotopic (exact) mass is 319 g/mol. The Kier molecular flexibility index (Phi) is 7.25. The molecule has 120 valence electrons. The van der Waals surface area contributed by atoms with Gasteiger partial charge in [-0.2, -0.15) is 0 Å². The van der Waals surface area contributed by atoms with Crippen molar-refractivity contribution in [2.75, 3.05) is 18.1 Å². The lowest BCUT2D eigenvalue weighted by atomic mass is 10.0. The molecule has 0 aliphatic rings. The normalized spacial score (nSPS) is 13.3. The second kappa shape index (κ2) is 8.44. The van der Waals surface area contributed by atoms with Gasteiger partial charge in [-0.15, -0.1) is 0 Å². The minimum Gasteiger partial charge on any atom is -0.310 e. The Bertz CT molecular complexity index is 526. The molecule has 3 nitrogen and oxygen atoms in total. The Hall–Kier alpha value is -1.01. The average Bonchev–Trinajstić information content (AvgIpc) is 2.41. The van der Waals surface area contributed by atoms with Crippen molar-refractivity contribution in [2.45, 2.75) is 39.2 Å². The molecule has 0 aliphatic heterocycles. The largest absolute Gasteiger partial charge is 0.310 e. The van der Waals surface area contributed by atoms with E-state index in [-0.39, 0.29) is 17.5 Å². The third-order valence-corrected chi connectivity index (χ3v) is 5.11. The van der Waals surface area contributed by atoms with Crippen molar-refractivity contribution in [3.8, 4) is 0 Å². The van der Waals surface area contributed by atoms with Gasteiger partial charge in [-0.1, -0.05) is 13.8 Å². The highest BCUT2D eigenvalue weighted by Gasteiger charge is 2.15. The minimum absolute atomic E-state index is 0.103. The molecular formula is C15H23F2NO2S. The summed E-state index contributed by atoms with van der Waals surface area (Å²) in [7, 11) is -3.01. The smallest absolute Gasteiger partial charge is 0.150 e. The van der Waals surface area contributed by atoms with Crippen molar-refractivity contribution in [3.05, 3.63) is 35.4 Å². The lowest BCUT2D eigenvalue weighted by Crippen LogP contribution is -2.23. The summed E-state index contributed by atoms with van der Waals surface area (Å²) < 4.78 is 49.6. The molecule has 0 aromatic heterocycles. The predicted molar refractivity (Wildman–Crippen MR) is 81.0 cm³/mol. The lowest BCUT2D eigenvalue weighted by Gasteiger charge is -2.19. The van der Waals surface area contributed by atoms with E-state index >= 15 is 0 Å². The van der Waals surface area contributed by atoms with Crippen LogP contribution in [0, 0.1) is 11.6 Å². The van der Waals surface area contributed by atoms with Gasteiger partial charge in [-0.05, 0) is 43.5 Å². The standard InChI is InChI=1S/C15H23F2NO2S/c1-3-7-18-15(6-5-8-21(19,20)4-2)12-9-13(16)11-14(17)10-12/h9-11,15,18H,3-8H2,1-2H3. The average molecular weight is 319 g/mol. The second-order valence-corrected chi connectivity index (χ2v) is 7.56. The van der Waals surface area contributed by atoms with Crippen LogP contribution in [0.3, 0.4) is 0 Å². The van der Waals surface area contributed by atoms with E-state index < -0.39 is 21.5 Å². The molecule has 1 N–H and O–H groups in total. The Morgan fingerprint density at radius 2 is 1.76 bits per heavy atom. The fourth-order valence-corrected chi connectivity index (χ4v) is 3.03. The summed E-state index contributed by atoms with van der Waals surface area (Å²) in [4.78, 5) is 0. The summed E-state index contributed by atoms with van der Waals surface area (Å²) in [5.74, 6) is -1.01. The van der Waals surface area contributed by atoms with Crippen LogP contribution in [0.5, 0.6) is 0 Å². The van der Waals surface area contributed by atoms with Gasteiger partial charge in [-0.25, -0.2) is 17.2 Å². The summed E-state index contributed by atoms with van der Waals surface area (Å²) in [5.41, 5.74) is 0.523. The van der Waals surface area contributed by atoms with E-state index in [2.05, 4.69) is 5.32 Å². The minimum atomic E-state index is -3.01. The van der Waals surface area contributed by atoms with Gasteiger partial charge in [0.1, 0.15) is 21.5 Å². The number of nitrogens with one attached hydrogen (secondary N) is 1. The van der Waals surface area contributed by atoms with E-state index in [1.807, 2.05) is 6.92 Å². The first-order valence-corrected chi connectivity index (χ1v) is 9.10. The van der Waals surface area contributed by atoms with Gasteiger partial charge in [0.25, 0.3) is 0 Å². The van der Waals surface area contributed by atoms with Gasteiger partial charge >= 0.3 is 0 Å². The Morgan fingerprint density at radius 3 is 2.29 bits per heavy atom. The molecule has 6 heteroatoms. The maximum absolute atomic E-state index is 13.3. The number of hydrogen-bond donors (Lipinski definition) is 1. The van der Waals surface area contributed by atoms with Gasteiger partial charge in [0, 0.05) is 17.9 Å². The van der Waals surface area contributed by atoms with E-state index in [9.17, 15) is 17.2 Å². The summed E-state index contributed by atoms with van der Waals surface area (Å²) in [6, 6.07) is 3.19. The highest BCUT2D eigenvalue weighted by Crippen LogP contribution is 2.21. The first kappa shape index (κ1) is 18.0. The Morgan fingerprint density at radius 1 is 1.14 bits per heavy atom. The SMILES string of the molecule is CCCNC(CCCS(=O)(=O)CC)c1cc(F)cc(F)c1. The molecule has 0 radical (unpaired) electrons. The Balaban J connectivity index is 2.75. The van der Waals surface area contributed by atoms with Crippen molar-refractivity contribution >= 4 is 9.84 Å². The Labute approximate surface area is 125 Å². The van der Waals surface area contributed by atoms with Crippen LogP contribution in [0.1, 0.15) is 44.7 Å². The third kappa shape index (κ3) is 6.52. The van der Waals surface area contributed by atoms with Crippen LogP contribution in [-0.2, 0) is 9.84 Å². The molecule has 0 spiro atoms. The molecule has 0 heterocycles. The fraction of sp³-hybridized carbons (Fsp3) is 0.600. The van der Waals surface area contributed by atoms with Crippen LogP contribution in [0.25, 0.3) is 0 Å². The molecule has 21 heavy (non-hydrogen) atoms. The molecule has 0 saturated carbocycles. The molecule has 1 aromatic carbocycles. The molecular weight excluding hydrogens is 296 g/mol. The van der Waals surface area contributed by atoms with E-state index in [1.54, 1.807) is 6.92 Å². The van der Waals surface area contributed by atoms with Crippen LogP contribution in [-0.4, -0.2) is 26.5 Å². The van der Waals surface area contributed by atoms with E-state index in [0.717, 1.165) is 12.5 Å². The molecule has 1 rings (SSSR count). The quantitative estimate of drug-likeness (QED) is 0.760. The van der Waals surface area contributed by atoms with Crippen LogP contribution >= 0.6 is 0 Å². The summed E-state index contributed by atoms with van der Waals surface area (Å²) in [5, 5.41) is 3.22. The van der Waals surface area contributed by atoms with Crippen LogP contribution in [0.2, 0.25) is 0 Å². The summed E-state index contributed by atoms with van der Waals surface area (Å²) in [6.45, 7) is 4.32. The second-order valence-electron chi connectivity index (χ2n) is 5.09. The molecule has 1 unspecified atom stereocenters. The van der Waals surface area contributed by atoms with Crippen molar-refractivity contribution < 1.29 is 17.2 Å². The number of hydrogen-bond acceptors (Lipinski definition) is 3. The lowest BCUT2D eigenvalue weighted by molar-refractivity contribution is 0.483. The topological polar surface area (TPSA) is 46.2 Å². The first-order valence-electron chi connectivity index (χ1n) is 7.27. The number of benzene rings is 1. The highest BCUT2D eigenvalue weighted by atomic mass is 32.2. The molecule has 0 aliphatic carbocycles. The maximum Gasteiger partial charge on any atom is 0.150 e. The predicted octanol–water partition coefficient (Wildman–Crippen LogP) is 3.22. The summed E-state index contributed by atoms with van der Waals surface area (Å²) >= 11 is 0. The molecule has 0 amide bonds. The van der Waals surface area contributed by atoms with Gasteiger partial charge in [0.2, 0.25) is 0 Å². The first-order chi connectivity index (χ1) is 9.88. The van der Waals surface area contributed by atoms with Gasteiger partial charge in [0.15, 0.2) is 0 Å². The summed E-state index contributed by atoms with van der Waals surface area (Å²) in [6.07, 6.45) is 1.89. The van der Waals surface area contributed by atoms with Gasteiger partial charge in [0.05, 0.1) is 5.75 Å². The molecule has 0 bridgehead atoms. The highest BCUT2D eigenvalue weighted by molar-refractivity contribution is 7.91. The fourth-order valence-electron chi connectivity index (χ4n) is 2.13. The van der Waals surface area contributed by atoms with Crippen molar-refractivity contribution in [1.82, 2.24) is 5.32 Å². The molecule has 1 aromatic rings. The van der Waals surface area contributed by atoms with Crippen molar-refractivity contribution in [3.63, 3.8) is 0 Å². The van der Waals surface area contributed by atoms with Crippen molar-refractivity contribution in [2.24, 2.45) is 0 Å². The van der Waals surface area contributed by atoms with Crippen LogP contribution < -0.4 is 5.32 Å².